The number of hydrogen-bond acceptors (Lipinski definition) is 3. The van der Waals surface area contributed by atoms with Gasteiger partial charge in [0.05, 0.1) is 0 Å². The quantitative estimate of drug-likeness (QED) is 0.703. The first-order valence-electron chi connectivity index (χ1n) is 8.36. The molecule has 0 saturated heterocycles. The first kappa shape index (κ1) is 20.0. The molecule has 2 aromatic carbocycles. The highest BCUT2D eigenvalue weighted by Gasteiger charge is 2.11. The van der Waals surface area contributed by atoms with Gasteiger partial charge in [-0.1, -0.05) is 35.8 Å². The van der Waals surface area contributed by atoms with Crippen LogP contribution in [0.2, 0.25) is 0 Å². The van der Waals surface area contributed by atoms with Gasteiger partial charge in [0.2, 0.25) is 5.91 Å². The molecule has 0 radical (unpaired) electrons. The van der Waals surface area contributed by atoms with E-state index in [4.69, 9.17) is 4.74 Å². The minimum Gasteiger partial charge on any atom is -0.483 e. The molecule has 0 aliphatic rings. The van der Waals surface area contributed by atoms with E-state index in [0.29, 0.717) is 17.1 Å². The molecule has 0 aromatic heterocycles. The smallest absolute Gasteiger partial charge is 0.262 e. The van der Waals surface area contributed by atoms with Crippen LogP contribution in [0.3, 0.4) is 0 Å². The Morgan fingerprint density at radius 1 is 1.12 bits per heavy atom. The van der Waals surface area contributed by atoms with Crippen molar-refractivity contribution >= 4 is 39.1 Å². The summed E-state index contributed by atoms with van der Waals surface area (Å²) in [6, 6.07) is 11.1. The van der Waals surface area contributed by atoms with Crippen molar-refractivity contribution in [1.82, 2.24) is 0 Å². The van der Waals surface area contributed by atoms with Crippen molar-refractivity contribution in [2.75, 3.05) is 17.2 Å². The Hall–Kier alpha value is -2.34. The van der Waals surface area contributed by atoms with Gasteiger partial charge in [-0.25, -0.2) is 0 Å². The van der Waals surface area contributed by atoms with Crippen LogP contribution >= 0.6 is 15.9 Å². The van der Waals surface area contributed by atoms with Crippen molar-refractivity contribution in [2.24, 2.45) is 0 Å². The van der Waals surface area contributed by atoms with E-state index in [1.807, 2.05) is 31.2 Å². The number of nitrogens with one attached hydrogen (secondary N) is 2. The highest BCUT2D eigenvalue weighted by atomic mass is 79.9. The minimum absolute atomic E-state index is 0.0926. The van der Waals surface area contributed by atoms with Crippen molar-refractivity contribution in [1.29, 1.82) is 0 Å². The molecule has 0 bridgehead atoms. The summed E-state index contributed by atoms with van der Waals surface area (Å²) in [4.78, 5) is 23.5. The molecule has 2 aromatic rings. The van der Waals surface area contributed by atoms with Gasteiger partial charge in [-0.15, -0.1) is 0 Å². The van der Waals surface area contributed by atoms with Crippen molar-refractivity contribution < 1.29 is 14.3 Å². The largest absolute Gasteiger partial charge is 0.483 e. The molecular weight excluding hydrogens is 396 g/mol. The lowest BCUT2D eigenvalue weighted by Gasteiger charge is -2.15. The Morgan fingerprint density at radius 3 is 2.50 bits per heavy atom. The molecule has 2 amide bonds. The zero-order chi connectivity index (χ0) is 19.3. The Kier molecular flexibility index (Phi) is 6.80. The number of aryl methyl sites for hydroxylation is 1. The fourth-order valence-corrected chi connectivity index (χ4v) is 2.85. The minimum atomic E-state index is -0.264. The van der Waals surface area contributed by atoms with E-state index in [-0.39, 0.29) is 24.3 Å². The number of carbonyl (C=O) groups excluding carboxylic acids is 2. The number of hydrogen-bond donors (Lipinski definition) is 2. The standard InChI is InChI=1S/C20H23BrN2O3/c1-12(2)17-9-15(21)6-8-19(17)26-11-20(25)23-16-7-5-13(3)18(10-16)22-14(4)24/h5-10,12H,11H2,1-4H3,(H,22,24)(H,23,25). The summed E-state index contributed by atoms with van der Waals surface area (Å²) in [5.74, 6) is 0.556. The molecule has 26 heavy (non-hydrogen) atoms. The van der Waals surface area contributed by atoms with Gasteiger partial charge in [0, 0.05) is 22.8 Å². The molecule has 6 heteroatoms. The van der Waals surface area contributed by atoms with Crippen LogP contribution in [-0.4, -0.2) is 18.4 Å². The van der Waals surface area contributed by atoms with Gasteiger partial charge in [-0.05, 0) is 54.3 Å². The molecule has 2 rings (SSSR count). The molecule has 5 nitrogen and oxygen atoms in total. The van der Waals surface area contributed by atoms with Gasteiger partial charge < -0.3 is 15.4 Å². The van der Waals surface area contributed by atoms with Gasteiger partial charge >= 0.3 is 0 Å². The van der Waals surface area contributed by atoms with E-state index in [1.165, 1.54) is 6.92 Å². The number of rotatable bonds is 6. The maximum absolute atomic E-state index is 12.2. The lowest BCUT2D eigenvalue weighted by molar-refractivity contribution is -0.118. The fraction of sp³-hybridized carbons (Fsp3) is 0.300. The van der Waals surface area contributed by atoms with Crippen molar-refractivity contribution in [3.05, 3.63) is 52.0 Å². The van der Waals surface area contributed by atoms with E-state index >= 15 is 0 Å². The molecule has 0 saturated carbocycles. The van der Waals surface area contributed by atoms with Gasteiger partial charge in [0.1, 0.15) is 5.75 Å². The summed E-state index contributed by atoms with van der Waals surface area (Å²) in [5, 5.41) is 5.53. The molecule has 0 atom stereocenters. The predicted octanol–water partition coefficient (Wildman–Crippen LogP) is 4.86. The van der Waals surface area contributed by atoms with Crippen molar-refractivity contribution in [3.63, 3.8) is 0 Å². The number of benzene rings is 2. The number of carbonyl (C=O) groups is 2. The Balaban J connectivity index is 2.03. The topological polar surface area (TPSA) is 67.4 Å². The van der Waals surface area contributed by atoms with Crippen LogP contribution in [0, 0.1) is 6.92 Å². The average molecular weight is 419 g/mol. The van der Waals surface area contributed by atoms with Crippen LogP contribution in [-0.2, 0) is 9.59 Å². The van der Waals surface area contributed by atoms with E-state index in [9.17, 15) is 9.59 Å². The molecule has 0 unspecified atom stereocenters. The third kappa shape index (κ3) is 5.59. The number of ether oxygens (including phenoxy) is 1. The maximum atomic E-state index is 12.2. The van der Waals surface area contributed by atoms with Crippen LogP contribution in [0.15, 0.2) is 40.9 Å². The lowest BCUT2D eigenvalue weighted by atomic mass is 10.0. The third-order valence-corrected chi connectivity index (χ3v) is 4.28. The second kappa shape index (κ2) is 8.85. The average Bonchev–Trinajstić information content (AvgIpc) is 2.56. The van der Waals surface area contributed by atoms with Crippen molar-refractivity contribution in [3.8, 4) is 5.75 Å². The molecule has 0 spiro atoms. The van der Waals surface area contributed by atoms with Crippen LogP contribution < -0.4 is 15.4 Å². The normalized spacial score (nSPS) is 10.5. The lowest BCUT2D eigenvalue weighted by Crippen LogP contribution is -2.21. The van der Waals surface area contributed by atoms with Gasteiger partial charge in [0.25, 0.3) is 5.91 Å². The third-order valence-electron chi connectivity index (χ3n) is 3.78. The zero-order valence-corrected chi connectivity index (χ0v) is 16.9. The first-order valence-corrected chi connectivity index (χ1v) is 9.16. The molecule has 0 aliphatic carbocycles. The molecule has 0 fully saturated rings. The number of anilines is 2. The summed E-state index contributed by atoms with van der Waals surface area (Å²) < 4.78 is 6.68. The SMILES string of the molecule is CC(=O)Nc1cc(NC(=O)COc2ccc(Br)cc2C(C)C)ccc1C. The summed E-state index contributed by atoms with van der Waals surface area (Å²) in [6.45, 7) is 7.39. The summed E-state index contributed by atoms with van der Waals surface area (Å²) in [6.07, 6.45) is 0. The van der Waals surface area contributed by atoms with Crippen LogP contribution in [0.25, 0.3) is 0 Å². The zero-order valence-electron chi connectivity index (χ0n) is 15.4. The number of amides is 2. The Labute approximate surface area is 162 Å². The fourth-order valence-electron chi connectivity index (χ4n) is 2.47. The molecule has 0 heterocycles. The van der Waals surface area contributed by atoms with Gasteiger partial charge in [-0.3, -0.25) is 9.59 Å². The second-order valence-electron chi connectivity index (χ2n) is 6.38. The van der Waals surface area contributed by atoms with Gasteiger partial charge in [-0.2, -0.15) is 0 Å². The highest BCUT2D eigenvalue weighted by molar-refractivity contribution is 9.10. The maximum Gasteiger partial charge on any atom is 0.262 e. The first-order chi connectivity index (χ1) is 12.3. The van der Waals surface area contributed by atoms with E-state index in [0.717, 1.165) is 15.6 Å². The number of halogens is 1. The van der Waals surface area contributed by atoms with E-state index in [2.05, 4.69) is 40.4 Å². The van der Waals surface area contributed by atoms with E-state index < -0.39 is 0 Å². The van der Waals surface area contributed by atoms with E-state index in [1.54, 1.807) is 12.1 Å². The molecular formula is C20H23BrN2O3. The van der Waals surface area contributed by atoms with Crippen LogP contribution in [0.5, 0.6) is 5.75 Å². The molecule has 0 aliphatic heterocycles. The Bertz CT molecular complexity index is 819. The summed E-state index contributed by atoms with van der Waals surface area (Å²) in [5.41, 5.74) is 3.24. The monoisotopic (exact) mass is 418 g/mol. The Morgan fingerprint density at radius 2 is 1.85 bits per heavy atom. The summed E-state index contributed by atoms with van der Waals surface area (Å²) >= 11 is 3.45. The van der Waals surface area contributed by atoms with Crippen molar-refractivity contribution in [2.45, 2.75) is 33.6 Å². The van der Waals surface area contributed by atoms with Gasteiger partial charge in [0.15, 0.2) is 6.61 Å². The molecule has 138 valence electrons. The second-order valence-corrected chi connectivity index (χ2v) is 7.30. The molecule has 2 N–H and O–H groups in total. The van der Waals surface area contributed by atoms with Crippen LogP contribution in [0.1, 0.15) is 37.8 Å². The van der Waals surface area contributed by atoms with Crippen LogP contribution in [0.4, 0.5) is 11.4 Å². The summed E-state index contributed by atoms with van der Waals surface area (Å²) in [7, 11) is 0. The predicted molar refractivity (Wildman–Crippen MR) is 108 cm³/mol. The highest BCUT2D eigenvalue weighted by Crippen LogP contribution is 2.29.